The molecule has 0 spiro atoms. The first kappa shape index (κ1) is 19.6. The summed E-state index contributed by atoms with van der Waals surface area (Å²) in [6, 6.07) is 5.83. The van der Waals surface area contributed by atoms with Crippen molar-refractivity contribution in [3.63, 3.8) is 0 Å². The lowest BCUT2D eigenvalue weighted by atomic mass is 9.96. The van der Waals surface area contributed by atoms with Crippen LogP contribution in [0.2, 0.25) is 0 Å². The molecule has 1 saturated heterocycles. The molecular formula is C20H32N2O3. The van der Waals surface area contributed by atoms with Gasteiger partial charge in [-0.2, -0.15) is 0 Å². The number of carbonyl (C=O) groups is 1. The highest BCUT2D eigenvalue weighted by Gasteiger charge is 2.22. The lowest BCUT2D eigenvalue weighted by Gasteiger charge is -2.24. The molecule has 0 aromatic heterocycles. The molecule has 1 heterocycles. The minimum Gasteiger partial charge on any atom is -0.493 e. The molecule has 1 aromatic carbocycles. The molecule has 1 aliphatic heterocycles. The van der Waals surface area contributed by atoms with Gasteiger partial charge in [0, 0.05) is 5.92 Å². The monoisotopic (exact) mass is 348 g/mol. The van der Waals surface area contributed by atoms with E-state index in [2.05, 4.69) is 24.5 Å². The second-order valence-electron chi connectivity index (χ2n) is 7.20. The van der Waals surface area contributed by atoms with Crippen molar-refractivity contribution in [2.75, 3.05) is 26.8 Å². The second-order valence-corrected chi connectivity index (χ2v) is 7.20. The molecule has 5 nitrogen and oxygen atoms in total. The molecule has 2 rings (SSSR count). The van der Waals surface area contributed by atoms with E-state index in [1.54, 1.807) is 7.11 Å². The Labute approximate surface area is 151 Å². The Balaban J connectivity index is 1.96. The lowest BCUT2D eigenvalue weighted by Crippen LogP contribution is -2.39. The minimum absolute atomic E-state index is 0.0546. The van der Waals surface area contributed by atoms with Crippen molar-refractivity contribution in [3.8, 4) is 11.5 Å². The molecule has 0 saturated carbocycles. The number of hydrogen-bond acceptors (Lipinski definition) is 4. The number of nitrogens with one attached hydrogen (secondary N) is 2. The summed E-state index contributed by atoms with van der Waals surface area (Å²) in [5.41, 5.74) is 1.02. The summed E-state index contributed by atoms with van der Waals surface area (Å²) in [6.45, 7) is 8.88. The zero-order chi connectivity index (χ0) is 18.2. The van der Waals surface area contributed by atoms with Crippen LogP contribution in [0.15, 0.2) is 18.2 Å². The van der Waals surface area contributed by atoms with E-state index in [9.17, 15) is 4.79 Å². The third-order valence-corrected chi connectivity index (χ3v) is 4.71. The maximum absolute atomic E-state index is 12.4. The van der Waals surface area contributed by atoms with Crippen molar-refractivity contribution in [1.82, 2.24) is 10.6 Å². The van der Waals surface area contributed by atoms with Crippen molar-refractivity contribution in [3.05, 3.63) is 23.8 Å². The van der Waals surface area contributed by atoms with Gasteiger partial charge in [0.25, 0.3) is 0 Å². The topological polar surface area (TPSA) is 59.6 Å². The van der Waals surface area contributed by atoms with Gasteiger partial charge in [0.1, 0.15) is 0 Å². The third kappa shape index (κ3) is 5.92. The predicted octanol–water partition coefficient (Wildman–Crippen LogP) is 3.30. The quantitative estimate of drug-likeness (QED) is 0.757. The molecule has 1 unspecified atom stereocenters. The zero-order valence-electron chi connectivity index (χ0n) is 15.9. The molecule has 1 aromatic rings. The largest absolute Gasteiger partial charge is 0.493 e. The van der Waals surface area contributed by atoms with Crippen LogP contribution in [0.3, 0.4) is 0 Å². The van der Waals surface area contributed by atoms with E-state index < -0.39 is 0 Å². The van der Waals surface area contributed by atoms with Gasteiger partial charge in [0.15, 0.2) is 11.5 Å². The zero-order valence-corrected chi connectivity index (χ0v) is 15.9. The second kappa shape index (κ2) is 9.66. The van der Waals surface area contributed by atoms with Crippen LogP contribution < -0.4 is 20.1 Å². The molecule has 0 aliphatic carbocycles. The first-order valence-corrected chi connectivity index (χ1v) is 9.33. The number of amides is 1. The van der Waals surface area contributed by atoms with Crippen molar-refractivity contribution in [2.24, 2.45) is 11.8 Å². The SMILES string of the molecule is COc1cc(C(C)NC(=O)C2CCNCC2)ccc1OCCC(C)C. The lowest BCUT2D eigenvalue weighted by molar-refractivity contribution is -0.126. The van der Waals surface area contributed by atoms with Crippen LogP contribution >= 0.6 is 0 Å². The highest BCUT2D eigenvalue weighted by Crippen LogP contribution is 2.30. The van der Waals surface area contributed by atoms with Crippen LogP contribution in [-0.2, 0) is 4.79 Å². The fraction of sp³-hybridized carbons (Fsp3) is 0.650. The Morgan fingerprint density at radius 1 is 1.24 bits per heavy atom. The first-order chi connectivity index (χ1) is 12.0. The molecule has 1 aliphatic rings. The van der Waals surface area contributed by atoms with E-state index in [1.807, 2.05) is 25.1 Å². The van der Waals surface area contributed by atoms with Crippen LogP contribution in [0.1, 0.15) is 51.6 Å². The summed E-state index contributed by atoms with van der Waals surface area (Å²) >= 11 is 0. The van der Waals surface area contributed by atoms with E-state index in [1.165, 1.54) is 0 Å². The summed E-state index contributed by atoms with van der Waals surface area (Å²) < 4.78 is 11.3. The summed E-state index contributed by atoms with van der Waals surface area (Å²) in [7, 11) is 1.65. The van der Waals surface area contributed by atoms with Crippen molar-refractivity contribution < 1.29 is 14.3 Å². The highest BCUT2D eigenvalue weighted by atomic mass is 16.5. The Bertz CT molecular complexity index is 554. The molecule has 0 radical (unpaired) electrons. The normalized spacial score (nSPS) is 16.5. The van der Waals surface area contributed by atoms with Crippen LogP contribution in [-0.4, -0.2) is 32.7 Å². The van der Waals surface area contributed by atoms with Gasteiger partial charge in [-0.05, 0) is 62.9 Å². The van der Waals surface area contributed by atoms with Crippen molar-refractivity contribution >= 4 is 5.91 Å². The van der Waals surface area contributed by atoms with Gasteiger partial charge in [-0.3, -0.25) is 4.79 Å². The van der Waals surface area contributed by atoms with Gasteiger partial charge in [-0.1, -0.05) is 19.9 Å². The molecule has 1 fully saturated rings. The fourth-order valence-electron chi connectivity index (χ4n) is 2.98. The number of piperidine rings is 1. The Kier molecular flexibility index (Phi) is 7.56. The maximum atomic E-state index is 12.4. The van der Waals surface area contributed by atoms with Crippen LogP contribution in [0, 0.1) is 11.8 Å². The van der Waals surface area contributed by atoms with Crippen LogP contribution in [0.5, 0.6) is 11.5 Å². The smallest absolute Gasteiger partial charge is 0.223 e. The fourth-order valence-corrected chi connectivity index (χ4v) is 2.98. The van der Waals surface area contributed by atoms with Gasteiger partial charge < -0.3 is 20.1 Å². The van der Waals surface area contributed by atoms with Crippen LogP contribution in [0.25, 0.3) is 0 Å². The molecule has 25 heavy (non-hydrogen) atoms. The number of benzene rings is 1. The van der Waals surface area contributed by atoms with Gasteiger partial charge in [-0.25, -0.2) is 0 Å². The Morgan fingerprint density at radius 2 is 1.96 bits per heavy atom. The number of hydrogen-bond donors (Lipinski definition) is 2. The number of methoxy groups -OCH3 is 1. The molecule has 1 amide bonds. The Morgan fingerprint density at radius 3 is 2.60 bits per heavy atom. The van der Waals surface area contributed by atoms with E-state index >= 15 is 0 Å². The van der Waals surface area contributed by atoms with E-state index in [0.717, 1.165) is 43.7 Å². The minimum atomic E-state index is -0.0546. The first-order valence-electron chi connectivity index (χ1n) is 9.33. The molecule has 140 valence electrons. The molecular weight excluding hydrogens is 316 g/mol. The van der Waals surface area contributed by atoms with Crippen molar-refractivity contribution in [2.45, 2.75) is 46.1 Å². The van der Waals surface area contributed by atoms with E-state index in [-0.39, 0.29) is 17.9 Å². The summed E-state index contributed by atoms with van der Waals surface area (Å²) in [5, 5.41) is 6.42. The summed E-state index contributed by atoms with van der Waals surface area (Å²) in [4.78, 5) is 12.4. The number of rotatable bonds is 8. The van der Waals surface area contributed by atoms with E-state index in [0.29, 0.717) is 18.3 Å². The summed E-state index contributed by atoms with van der Waals surface area (Å²) in [6.07, 6.45) is 2.82. The van der Waals surface area contributed by atoms with Crippen molar-refractivity contribution in [1.29, 1.82) is 0 Å². The number of ether oxygens (including phenoxy) is 2. The number of carbonyl (C=O) groups excluding carboxylic acids is 1. The van der Waals surface area contributed by atoms with Gasteiger partial charge >= 0.3 is 0 Å². The van der Waals surface area contributed by atoms with E-state index in [4.69, 9.17) is 9.47 Å². The molecule has 5 heteroatoms. The molecule has 0 bridgehead atoms. The van der Waals surface area contributed by atoms with Crippen LogP contribution in [0.4, 0.5) is 0 Å². The molecule has 2 N–H and O–H groups in total. The summed E-state index contributed by atoms with van der Waals surface area (Å²) in [5.74, 6) is 2.33. The van der Waals surface area contributed by atoms with Gasteiger partial charge in [0.2, 0.25) is 5.91 Å². The molecule has 1 atom stereocenters. The maximum Gasteiger partial charge on any atom is 0.223 e. The average Bonchev–Trinajstić information content (AvgIpc) is 2.62. The Hall–Kier alpha value is -1.75. The standard InChI is InChI=1S/C20H32N2O3/c1-14(2)9-12-25-18-6-5-17(13-19(18)24-4)15(3)22-20(23)16-7-10-21-11-8-16/h5-6,13-16,21H,7-12H2,1-4H3,(H,22,23). The average molecular weight is 348 g/mol. The van der Waals surface area contributed by atoms with Gasteiger partial charge in [0.05, 0.1) is 19.8 Å². The third-order valence-electron chi connectivity index (χ3n) is 4.71. The predicted molar refractivity (Wildman–Crippen MR) is 100 cm³/mol. The highest BCUT2D eigenvalue weighted by molar-refractivity contribution is 5.79. The van der Waals surface area contributed by atoms with Gasteiger partial charge in [-0.15, -0.1) is 0 Å².